The van der Waals surface area contributed by atoms with E-state index in [0.29, 0.717) is 6.04 Å². The molecule has 0 aromatic heterocycles. The van der Waals surface area contributed by atoms with Crippen molar-refractivity contribution in [1.29, 1.82) is 0 Å². The molecule has 1 amide bonds. The molecule has 21 heavy (non-hydrogen) atoms. The van der Waals surface area contributed by atoms with Gasteiger partial charge in [-0.15, -0.1) is 0 Å². The highest BCUT2D eigenvalue weighted by molar-refractivity contribution is 5.97. The third-order valence-electron chi connectivity index (χ3n) is 4.53. The second-order valence-corrected chi connectivity index (χ2v) is 6.23. The summed E-state index contributed by atoms with van der Waals surface area (Å²) in [5.74, 6) is 0.172. The van der Waals surface area contributed by atoms with Crippen molar-refractivity contribution in [2.24, 2.45) is 4.99 Å². The summed E-state index contributed by atoms with van der Waals surface area (Å²) in [5.41, 5.74) is 4.07. The van der Waals surface area contributed by atoms with Gasteiger partial charge in [0.1, 0.15) is 0 Å². The molecule has 1 aromatic carbocycles. The first-order chi connectivity index (χ1) is 10.1. The zero-order valence-electron chi connectivity index (χ0n) is 13.1. The molecule has 3 rings (SSSR count). The molecule has 4 heteroatoms. The zero-order valence-corrected chi connectivity index (χ0v) is 13.1. The summed E-state index contributed by atoms with van der Waals surface area (Å²) in [6.45, 7) is 10.0. The summed E-state index contributed by atoms with van der Waals surface area (Å²) in [6.07, 6.45) is 2.76. The number of carbonyl (C=O) groups excluding carboxylic acids is 1. The number of piperazine rings is 1. The largest absolute Gasteiger partial charge is 0.336 e. The van der Waals surface area contributed by atoms with E-state index in [4.69, 9.17) is 0 Å². The van der Waals surface area contributed by atoms with Gasteiger partial charge in [0, 0.05) is 50.4 Å². The van der Waals surface area contributed by atoms with E-state index in [-0.39, 0.29) is 5.91 Å². The van der Waals surface area contributed by atoms with Crippen LogP contribution < -0.4 is 0 Å². The van der Waals surface area contributed by atoms with Gasteiger partial charge in [-0.1, -0.05) is 0 Å². The molecule has 2 aliphatic rings. The van der Waals surface area contributed by atoms with Crippen LogP contribution in [0.4, 0.5) is 5.69 Å². The van der Waals surface area contributed by atoms with Crippen LogP contribution in [0.5, 0.6) is 0 Å². The van der Waals surface area contributed by atoms with E-state index in [1.165, 1.54) is 5.56 Å². The third kappa shape index (κ3) is 2.72. The minimum absolute atomic E-state index is 0.172. The lowest BCUT2D eigenvalue weighted by molar-refractivity contribution is 0.0595. The SMILES string of the molecule is Cc1cc2c(cc1C(=O)N1CCN(C(C)C)CC1)CC=N2. The maximum atomic E-state index is 12.8. The van der Waals surface area contributed by atoms with Crippen LogP contribution in [0.2, 0.25) is 0 Å². The lowest BCUT2D eigenvalue weighted by Crippen LogP contribution is -2.50. The number of hydrogen-bond donors (Lipinski definition) is 0. The first-order valence-corrected chi connectivity index (χ1v) is 7.75. The number of amides is 1. The van der Waals surface area contributed by atoms with Gasteiger partial charge in [0.15, 0.2) is 0 Å². The zero-order chi connectivity index (χ0) is 15.0. The summed E-state index contributed by atoms with van der Waals surface area (Å²) in [5, 5.41) is 0. The van der Waals surface area contributed by atoms with Crippen molar-refractivity contribution in [3.05, 3.63) is 28.8 Å². The van der Waals surface area contributed by atoms with E-state index in [9.17, 15) is 4.79 Å². The lowest BCUT2D eigenvalue weighted by atomic mass is 10.0. The fraction of sp³-hybridized carbons (Fsp3) is 0.529. The monoisotopic (exact) mass is 285 g/mol. The summed E-state index contributed by atoms with van der Waals surface area (Å²) in [6, 6.07) is 4.63. The topological polar surface area (TPSA) is 35.9 Å². The van der Waals surface area contributed by atoms with Crippen molar-refractivity contribution in [2.45, 2.75) is 33.2 Å². The van der Waals surface area contributed by atoms with Gasteiger partial charge in [-0.2, -0.15) is 0 Å². The molecule has 0 spiro atoms. The molecule has 0 N–H and O–H groups in total. The number of carbonyl (C=O) groups is 1. The first-order valence-electron chi connectivity index (χ1n) is 7.75. The minimum atomic E-state index is 0.172. The van der Waals surface area contributed by atoms with Crippen LogP contribution in [-0.4, -0.2) is 54.1 Å². The van der Waals surface area contributed by atoms with Crippen molar-refractivity contribution in [3.8, 4) is 0 Å². The molecule has 0 saturated carbocycles. The van der Waals surface area contributed by atoms with Crippen molar-refractivity contribution < 1.29 is 4.79 Å². The molecule has 2 aliphatic heterocycles. The molecule has 1 aromatic rings. The molecule has 0 bridgehead atoms. The molecule has 1 fully saturated rings. The van der Waals surface area contributed by atoms with Gasteiger partial charge in [0.05, 0.1) is 5.69 Å². The Kier molecular flexibility index (Phi) is 3.81. The number of benzene rings is 1. The summed E-state index contributed by atoms with van der Waals surface area (Å²) in [4.78, 5) is 21.5. The Labute approximate surface area is 126 Å². The minimum Gasteiger partial charge on any atom is -0.336 e. The average Bonchev–Trinajstić information content (AvgIpc) is 2.93. The molecular weight excluding hydrogens is 262 g/mol. The highest BCUT2D eigenvalue weighted by Crippen LogP contribution is 2.28. The van der Waals surface area contributed by atoms with E-state index in [1.807, 2.05) is 30.2 Å². The fourth-order valence-corrected chi connectivity index (χ4v) is 3.11. The number of rotatable bonds is 2. The second-order valence-electron chi connectivity index (χ2n) is 6.23. The Bertz CT molecular complexity index is 584. The van der Waals surface area contributed by atoms with Gasteiger partial charge in [0.25, 0.3) is 5.91 Å². The Morgan fingerprint density at radius 1 is 1.19 bits per heavy atom. The van der Waals surface area contributed by atoms with Crippen molar-refractivity contribution >= 4 is 17.8 Å². The van der Waals surface area contributed by atoms with Gasteiger partial charge in [0.2, 0.25) is 0 Å². The molecule has 0 radical (unpaired) electrons. The maximum absolute atomic E-state index is 12.8. The highest BCUT2D eigenvalue weighted by atomic mass is 16.2. The van der Waals surface area contributed by atoms with Gasteiger partial charge in [-0.3, -0.25) is 14.7 Å². The highest BCUT2D eigenvalue weighted by Gasteiger charge is 2.25. The van der Waals surface area contributed by atoms with Crippen LogP contribution in [-0.2, 0) is 6.42 Å². The van der Waals surface area contributed by atoms with Crippen molar-refractivity contribution in [1.82, 2.24) is 9.80 Å². The number of nitrogens with zero attached hydrogens (tertiary/aromatic N) is 3. The van der Waals surface area contributed by atoms with Gasteiger partial charge < -0.3 is 4.90 Å². The summed E-state index contributed by atoms with van der Waals surface area (Å²) in [7, 11) is 0. The molecule has 1 saturated heterocycles. The quantitative estimate of drug-likeness (QED) is 0.836. The average molecular weight is 285 g/mol. The number of fused-ring (bicyclic) bond motifs is 1. The Balaban J connectivity index is 1.75. The normalized spacial score (nSPS) is 18.4. The summed E-state index contributed by atoms with van der Waals surface area (Å²) >= 11 is 0. The Morgan fingerprint density at radius 3 is 2.57 bits per heavy atom. The van der Waals surface area contributed by atoms with Crippen molar-refractivity contribution in [2.75, 3.05) is 26.2 Å². The predicted octanol–water partition coefficient (Wildman–Crippen LogP) is 2.42. The Hall–Kier alpha value is -1.68. The molecule has 0 aliphatic carbocycles. The number of aliphatic imine (C=N–C) groups is 1. The number of aryl methyl sites for hydroxylation is 1. The van der Waals surface area contributed by atoms with Crippen molar-refractivity contribution in [3.63, 3.8) is 0 Å². The molecule has 4 nitrogen and oxygen atoms in total. The fourth-order valence-electron chi connectivity index (χ4n) is 3.11. The molecule has 112 valence electrons. The molecule has 2 heterocycles. The van der Waals surface area contributed by atoms with Crippen LogP contribution >= 0.6 is 0 Å². The standard InChI is InChI=1S/C17H23N3O/c1-12(2)19-6-8-20(9-7-19)17(21)15-11-14-4-5-18-16(14)10-13(15)3/h5,10-12H,4,6-9H2,1-3H3. The van der Waals surface area contributed by atoms with Crippen LogP contribution in [0.25, 0.3) is 0 Å². The van der Waals surface area contributed by atoms with Crippen LogP contribution in [0.15, 0.2) is 17.1 Å². The lowest BCUT2D eigenvalue weighted by Gasteiger charge is -2.37. The van der Waals surface area contributed by atoms with E-state index in [0.717, 1.165) is 49.4 Å². The third-order valence-corrected chi connectivity index (χ3v) is 4.53. The molecule has 0 atom stereocenters. The van der Waals surface area contributed by atoms with E-state index >= 15 is 0 Å². The molecular formula is C17H23N3O. The second kappa shape index (κ2) is 5.60. The van der Waals surface area contributed by atoms with Gasteiger partial charge in [-0.25, -0.2) is 0 Å². The van der Waals surface area contributed by atoms with Gasteiger partial charge >= 0.3 is 0 Å². The summed E-state index contributed by atoms with van der Waals surface area (Å²) < 4.78 is 0. The smallest absolute Gasteiger partial charge is 0.254 e. The Morgan fingerprint density at radius 2 is 1.90 bits per heavy atom. The van der Waals surface area contributed by atoms with E-state index < -0.39 is 0 Å². The maximum Gasteiger partial charge on any atom is 0.254 e. The molecule has 0 unspecified atom stereocenters. The van der Waals surface area contributed by atoms with Gasteiger partial charge in [-0.05, 0) is 44.0 Å². The predicted molar refractivity (Wildman–Crippen MR) is 85.6 cm³/mol. The van der Waals surface area contributed by atoms with E-state index in [2.05, 4.69) is 23.7 Å². The first kappa shape index (κ1) is 14.3. The van der Waals surface area contributed by atoms with E-state index in [1.54, 1.807) is 0 Å². The van der Waals surface area contributed by atoms with Crippen LogP contribution in [0.1, 0.15) is 35.3 Å². The van der Waals surface area contributed by atoms with Crippen LogP contribution in [0, 0.1) is 6.92 Å². The number of hydrogen-bond acceptors (Lipinski definition) is 3. The van der Waals surface area contributed by atoms with Crippen LogP contribution in [0.3, 0.4) is 0 Å².